The molecule has 2 aromatic carbocycles. The molecule has 1 fully saturated rings. The number of nitrogens with zero attached hydrogens (tertiary/aromatic N) is 2. The predicted octanol–water partition coefficient (Wildman–Crippen LogP) is 2.53. The minimum Gasteiger partial charge on any atom is -0.378 e. The van der Waals surface area contributed by atoms with Gasteiger partial charge >= 0.3 is 0 Å². The van der Waals surface area contributed by atoms with E-state index in [0.29, 0.717) is 42.9 Å². The van der Waals surface area contributed by atoms with E-state index >= 15 is 0 Å². The number of hydrogen-bond donors (Lipinski definition) is 1. The van der Waals surface area contributed by atoms with Gasteiger partial charge in [0.15, 0.2) is 9.84 Å². The lowest BCUT2D eigenvalue weighted by atomic mass is 10.1. The lowest BCUT2D eigenvalue weighted by Gasteiger charge is -2.27. The third kappa shape index (κ3) is 4.94. The Bertz CT molecular complexity index is 1310. The van der Waals surface area contributed by atoms with Gasteiger partial charge in [-0.25, -0.2) is 8.42 Å². The molecule has 1 aliphatic heterocycles. The Labute approximate surface area is 193 Å². The first-order valence-corrected chi connectivity index (χ1v) is 12.4. The Kier molecular flexibility index (Phi) is 6.53. The maximum Gasteiger partial charge on any atom is 0.242 e. The largest absolute Gasteiger partial charge is 0.378 e. The van der Waals surface area contributed by atoms with Crippen LogP contribution in [0, 0.1) is 13.8 Å². The maximum absolute atomic E-state index is 13.2. The van der Waals surface area contributed by atoms with Crippen molar-refractivity contribution in [2.24, 2.45) is 0 Å². The molecule has 2 heterocycles. The fourth-order valence-electron chi connectivity index (χ4n) is 3.97. The fourth-order valence-corrected chi connectivity index (χ4v) is 5.34. The molecule has 0 aliphatic carbocycles. The average molecular weight is 470 g/mol. The van der Waals surface area contributed by atoms with Crippen LogP contribution < -0.4 is 5.32 Å². The predicted molar refractivity (Wildman–Crippen MR) is 126 cm³/mol. The first-order valence-electron chi connectivity index (χ1n) is 10.8. The van der Waals surface area contributed by atoms with Crippen LogP contribution in [0.1, 0.15) is 11.1 Å². The van der Waals surface area contributed by atoms with Crippen LogP contribution in [0.3, 0.4) is 0 Å². The second kappa shape index (κ2) is 9.36. The smallest absolute Gasteiger partial charge is 0.242 e. The quantitative estimate of drug-likeness (QED) is 0.598. The van der Waals surface area contributed by atoms with Crippen molar-refractivity contribution in [2.75, 3.05) is 37.4 Å². The third-order valence-electron chi connectivity index (χ3n) is 5.96. The van der Waals surface area contributed by atoms with Crippen LogP contribution in [0.4, 0.5) is 5.69 Å². The number of ether oxygens (including phenoxy) is 1. The zero-order chi connectivity index (χ0) is 23.6. The molecule has 0 atom stereocenters. The fraction of sp³-hybridized carbons (Fsp3) is 0.333. The number of carbonyl (C=O) groups excluding carboxylic acids is 2. The summed E-state index contributed by atoms with van der Waals surface area (Å²) in [6, 6.07) is 12.5. The number of para-hydroxylation sites is 1. The number of carbonyl (C=O) groups is 2. The van der Waals surface area contributed by atoms with Gasteiger partial charge in [-0.3, -0.25) is 9.59 Å². The van der Waals surface area contributed by atoms with E-state index in [1.807, 2.05) is 26.0 Å². The number of rotatable bonds is 6. The van der Waals surface area contributed by atoms with Gasteiger partial charge in [0, 0.05) is 35.9 Å². The Hall–Kier alpha value is -3.17. The average Bonchev–Trinajstić information content (AvgIpc) is 3.16. The Morgan fingerprint density at radius 3 is 2.52 bits per heavy atom. The standard InChI is InChI=1S/C24H27N3O5S/c1-17-6-5-8-20(18(17)2)25-23(28)16-33(30,31)22-14-27(21-9-4-3-7-19(21)22)15-24(29)26-10-12-32-13-11-26/h3-9,14H,10-13,15-16H2,1-2H3,(H,25,28). The van der Waals surface area contributed by atoms with Crippen molar-refractivity contribution >= 4 is 38.2 Å². The van der Waals surface area contributed by atoms with Crippen LogP contribution in [0.15, 0.2) is 53.6 Å². The molecule has 0 spiro atoms. The summed E-state index contributed by atoms with van der Waals surface area (Å²) in [6.45, 7) is 5.84. The Balaban J connectivity index is 1.58. The topological polar surface area (TPSA) is 97.7 Å². The highest BCUT2D eigenvalue weighted by Gasteiger charge is 2.26. The molecule has 174 valence electrons. The van der Waals surface area contributed by atoms with Gasteiger partial charge in [0.1, 0.15) is 12.3 Å². The summed E-state index contributed by atoms with van der Waals surface area (Å²) in [6.07, 6.45) is 1.46. The molecular weight excluding hydrogens is 442 g/mol. The van der Waals surface area contributed by atoms with E-state index in [2.05, 4.69) is 5.32 Å². The van der Waals surface area contributed by atoms with Gasteiger partial charge in [-0.1, -0.05) is 30.3 Å². The van der Waals surface area contributed by atoms with Crippen molar-refractivity contribution in [3.8, 4) is 0 Å². The van der Waals surface area contributed by atoms with Crippen LogP contribution in [0.2, 0.25) is 0 Å². The van der Waals surface area contributed by atoms with Crippen molar-refractivity contribution in [1.82, 2.24) is 9.47 Å². The lowest BCUT2D eigenvalue weighted by molar-refractivity contribution is -0.135. The van der Waals surface area contributed by atoms with Gasteiger partial charge in [0.05, 0.1) is 18.1 Å². The number of nitrogens with one attached hydrogen (secondary N) is 1. The molecular formula is C24H27N3O5S. The van der Waals surface area contributed by atoms with E-state index < -0.39 is 21.5 Å². The molecule has 33 heavy (non-hydrogen) atoms. The van der Waals surface area contributed by atoms with Crippen LogP contribution in [0.25, 0.3) is 10.9 Å². The van der Waals surface area contributed by atoms with Crippen molar-refractivity contribution in [3.63, 3.8) is 0 Å². The van der Waals surface area contributed by atoms with Crippen molar-refractivity contribution < 1.29 is 22.7 Å². The number of hydrogen-bond acceptors (Lipinski definition) is 5. The van der Waals surface area contributed by atoms with E-state index in [4.69, 9.17) is 4.74 Å². The summed E-state index contributed by atoms with van der Waals surface area (Å²) in [5.74, 6) is -1.40. The highest BCUT2D eigenvalue weighted by Crippen LogP contribution is 2.27. The summed E-state index contributed by atoms with van der Waals surface area (Å²) >= 11 is 0. The van der Waals surface area contributed by atoms with Crippen LogP contribution >= 0.6 is 0 Å². The molecule has 0 saturated carbocycles. The SMILES string of the molecule is Cc1cccc(NC(=O)CS(=O)(=O)c2cn(CC(=O)N3CCOCC3)c3ccccc23)c1C. The van der Waals surface area contributed by atoms with E-state index in [1.54, 1.807) is 39.8 Å². The molecule has 2 amide bonds. The van der Waals surface area contributed by atoms with Gasteiger partial charge < -0.3 is 19.5 Å². The summed E-state index contributed by atoms with van der Waals surface area (Å²) in [5, 5.41) is 3.20. The third-order valence-corrected chi connectivity index (χ3v) is 7.59. The minimum absolute atomic E-state index is 0.0186. The summed E-state index contributed by atoms with van der Waals surface area (Å²) in [5.41, 5.74) is 3.12. The van der Waals surface area contributed by atoms with Gasteiger partial charge in [0.2, 0.25) is 11.8 Å². The minimum atomic E-state index is -3.95. The van der Waals surface area contributed by atoms with Gasteiger partial charge in [0.25, 0.3) is 0 Å². The number of anilines is 1. The van der Waals surface area contributed by atoms with Crippen molar-refractivity contribution in [2.45, 2.75) is 25.3 Å². The van der Waals surface area contributed by atoms with Gasteiger partial charge in [-0.2, -0.15) is 0 Å². The molecule has 3 aromatic rings. The van der Waals surface area contributed by atoms with Crippen LogP contribution in [-0.4, -0.2) is 61.8 Å². The van der Waals surface area contributed by atoms with Gasteiger partial charge in [-0.05, 0) is 37.1 Å². The van der Waals surface area contributed by atoms with Crippen LogP contribution in [0.5, 0.6) is 0 Å². The number of fused-ring (bicyclic) bond motifs is 1. The monoisotopic (exact) mass is 469 g/mol. The lowest BCUT2D eigenvalue weighted by Crippen LogP contribution is -2.42. The first-order chi connectivity index (χ1) is 15.8. The number of sulfone groups is 1. The zero-order valence-electron chi connectivity index (χ0n) is 18.7. The Morgan fingerprint density at radius 1 is 1.03 bits per heavy atom. The number of benzene rings is 2. The van der Waals surface area contributed by atoms with Gasteiger partial charge in [-0.15, -0.1) is 0 Å². The number of aromatic nitrogens is 1. The molecule has 0 radical (unpaired) electrons. The van der Waals surface area contributed by atoms with Crippen molar-refractivity contribution in [1.29, 1.82) is 0 Å². The highest BCUT2D eigenvalue weighted by atomic mass is 32.2. The van der Waals surface area contributed by atoms with E-state index in [1.165, 1.54) is 6.20 Å². The molecule has 4 rings (SSSR count). The number of amides is 2. The Morgan fingerprint density at radius 2 is 1.76 bits per heavy atom. The molecule has 9 heteroatoms. The molecule has 1 aromatic heterocycles. The maximum atomic E-state index is 13.2. The second-order valence-electron chi connectivity index (χ2n) is 8.19. The number of morpholine rings is 1. The highest BCUT2D eigenvalue weighted by molar-refractivity contribution is 7.92. The normalized spacial score (nSPS) is 14.4. The zero-order valence-corrected chi connectivity index (χ0v) is 19.5. The van der Waals surface area contributed by atoms with E-state index in [9.17, 15) is 18.0 Å². The van der Waals surface area contributed by atoms with Crippen LogP contribution in [-0.2, 0) is 30.7 Å². The molecule has 0 bridgehead atoms. The molecule has 1 saturated heterocycles. The molecule has 1 aliphatic rings. The summed E-state index contributed by atoms with van der Waals surface area (Å²) in [4.78, 5) is 27.1. The molecule has 0 unspecified atom stereocenters. The second-order valence-corrected chi connectivity index (χ2v) is 10.1. The molecule has 8 nitrogen and oxygen atoms in total. The number of aryl methyl sites for hydroxylation is 1. The molecule has 1 N–H and O–H groups in total. The van der Waals surface area contributed by atoms with E-state index in [-0.39, 0.29) is 17.3 Å². The summed E-state index contributed by atoms with van der Waals surface area (Å²) < 4.78 is 33.4. The van der Waals surface area contributed by atoms with Crippen molar-refractivity contribution in [3.05, 3.63) is 59.8 Å². The van der Waals surface area contributed by atoms with E-state index in [0.717, 1.165) is 11.1 Å². The first kappa shape index (κ1) is 23.0. The summed E-state index contributed by atoms with van der Waals surface area (Å²) in [7, 11) is -3.95.